The molecule has 0 aliphatic carbocycles. The first-order chi connectivity index (χ1) is 13.3. The van der Waals surface area contributed by atoms with Gasteiger partial charge in [-0.1, -0.05) is 32.0 Å². The Morgan fingerprint density at radius 1 is 1.11 bits per heavy atom. The molecule has 1 amide bonds. The zero-order valence-electron chi connectivity index (χ0n) is 16.3. The van der Waals surface area contributed by atoms with Crippen molar-refractivity contribution in [2.24, 2.45) is 0 Å². The Hall–Kier alpha value is -2.29. The van der Waals surface area contributed by atoms with Crippen LogP contribution in [0, 0.1) is 5.82 Å². The molecule has 2 aromatic carbocycles. The van der Waals surface area contributed by atoms with Crippen molar-refractivity contribution in [3.63, 3.8) is 0 Å². The molecule has 0 radical (unpaired) electrons. The van der Waals surface area contributed by atoms with E-state index in [4.69, 9.17) is 0 Å². The minimum atomic E-state index is -3.59. The molecule has 0 saturated heterocycles. The fraction of sp³-hybridized carbons (Fsp3) is 0.350. The largest absolute Gasteiger partial charge is 0.325 e. The smallest absolute Gasteiger partial charge is 0.243 e. The molecule has 2 rings (SSSR count). The molecular formula is C20H26FN3O3S. The van der Waals surface area contributed by atoms with Gasteiger partial charge in [0.05, 0.1) is 11.4 Å². The van der Waals surface area contributed by atoms with Crippen molar-refractivity contribution in [3.8, 4) is 0 Å². The molecule has 2 N–H and O–H groups in total. The maximum Gasteiger partial charge on any atom is 0.243 e. The standard InChI is InChI=1S/C20H26FN3O3S/c1-4-24(5-2)28(26,27)19-11-7-10-18(13-19)23-20(25)14-22-15(3)16-8-6-9-17(21)12-16/h6-13,15,22H,4-5,14H2,1-3H3,(H,23,25). The van der Waals surface area contributed by atoms with E-state index in [0.717, 1.165) is 5.56 Å². The first kappa shape index (κ1) is 22.0. The van der Waals surface area contributed by atoms with Crippen LogP contribution in [0.2, 0.25) is 0 Å². The van der Waals surface area contributed by atoms with Crippen LogP contribution in [0.1, 0.15) is 32.4 Å². The highest BCUT2D eigenvalue weighted by Gasteiger charge is 2.21. The fourth-order valence-corrected chi connectivity index (χ4v) is 4.30. The van der Waals surface area contributed by atoms with Crippen LogP contribution in [0.5, 0.6) is 0 Å². The number of halogens is 1. The van der Waals surface area contributed by atoms with E-state index in [1.54, 1.807) is 38.1 Å². The molecule has 0 bridgehead atoms. The third-order valence-electron chi connectivity index (χ3n) is 4.38. The van der Waals surface area contributed by atoms with Gasteiger partial charge in [-0.15, -0.1) is 0 Å². The van der Waals surface area contributed by atoms with Crippen LogP contribution >= 0.6 is 0 Å². The summed E-state index contributed by atoms with van der Waals surface area (Å²) in [5.74, 6) is -0.650. The lowest BCUT2D eigenvalue weighted by Crippen LogP contribution is -2.31. The lowest BCUT2D eigenvalue weighted by molar-refractivity contribution is -0.115. The number of hydrogen-bond acceptors (Lipinski definition) is 4. The summed E-state index contributed by atoms with van der Waals surface area (Å²) in [4.78, 5) is 12.3. The van der Waals surface area contributed by atoms with Gasteiger partial charge >= 0.3 is 0 Å². The number of carbonyl (C=O) groups is 1. The highest BCUT2D eigenvalue weighted by Crippen LogP contribution is 2.19. The quantitative estimate of drug-likeness (QED) is 0.669. The molecule has 1 atom stereocenters. The molecular weight excluding hydrogens is 381 g/mol. The maximum atomic E-state index is 13.3. The normalized spacial score (nSPS) is 12.8. The predicted molar refractivity (Wildman–Crippen MR) is 108 cm³/mol. The number of anilines is 1. The molecule has 6 nitrogen and oxygen atoms in total. The zero-order valence-corrected chi connectivity index (χ0v) is 17.1. The Morgan fingerprint density at radius 3 is 2.43 bits per heavy atom. The minimum Gasteiger partial charge on any atom is -0.325 e. The van der Waals surface area contributed by atoms with Crippen LogP contribution in [0.25, 0.3) is 0 Å². The zero-order chi connectivity index (χ0) is 20.7. The molecule has 2 aromatic rings. The number of rotatable bonds is 9. The molecule has 0 spiro atoms. The highest BCUT2D eigenvalue weighted by atomic mass is 32.2. The fourth-order valence-electron chi connectivity index (χ4n) is 2.79. The van der Waals surface area contributed by atoms with Crippen LogP contribution in [-0.2, 0) is 14.8 Å². The molecule has 28 heavy (non-hydrogen) atoms. The van der Waals surface area contributed by atoms with Gasteiger partial charge < -0.3 is 10.6 Å². The van der Waals surface area contributed by atoms with Crippen molar-refractivity contribution in [2.45, 2.75) is 31.7 Å². The van der Waals surface area contributed by atoms with E-state index < -0.39 is 10.0 Å². The van der Waals surface area contributed by atoms with Crippen LogP contribution < -0.4 is 10.6 Å². The summed E-state index contributed by atoms with van der Waals surface area (Å²) < 4.78 is 39.9. The lowest BCUT2D eigenvalue weighted by Gasteiger charge is -2.19. The summed E-state index contributed by atoms with van der Waals surface area (Å²) in [7, 11) is -3.59. The van der Waals surface area contributed by atoms with Crippen LogP contribution in [0.15, 0.2) is 53.4 Å². The Kier molecular flexibility index (Phi) is 7.68. The number of nitrogens with one attached hydrogen (secondary N) is 2. The Morgan fingerprint density at radius 2 is 1.79 bits per heavy atom. The van der Waals surface area contributed by atoms with Crippen LogP contribution in [0.3, 0.4) is 0 Å². The Balaban J connectivity index is 2.01. The second-order valence-electron chi connectivity index (χ2n) is 6.32. The van der Waals surface area contributed by atoms with Gasteiger partial charge in [-0.05, 0) is 42.8 Å². The summed E-state index contributed by atoms with van der Waals surface area (Å²) in [6, 6.07) is 12.1. The summed E-state index contributed by atoms with van der Waals surface area (Å²) in [6.07, 6.45) is 0. The molecule has 152 valence electrons. The molecule has 1 unspecified atom stereocenters. The Bertz CT molecular complexity index is 914. The topological polar surface area (TPSA) is 78.5 Å². The molecule has 0 saturated carbocycles. The van der Waals surface area contributed by atoms with Crippen molar-refractivity contribution in [2.75, 3.05) is 25.0 Å². The van der Waals surface area contributed by atoms with Crippen molar-refractivity contribution in [1.82, 2.24) is 9.62 Å². The average Bonchev–Trinajstić information content (AvgIpc) is 2.67. The van der Waals surface area contributed by atoms with Gasteiger partial charge in [-0.25, -0.2) is 12.8 Å². The van der Waals surface area contributed by atoms with Crippen molar-refractivity contribution in [1.29, 1.82) is 0 Å². The van der Waals surface area contributed by atoms with E-state index in [9.17, 15) is 17.6 Å². The number of hydrogen-bond donors (Lipinski definition) is 2. The van der Waals surface area contributed by atoms with Crippen molar-refractivity contribution >= 4 is 21.6 Å². The molecule has 8 heteroatoms. The van der Waals surface area contributed by atoms with Gasteiger partial charge in [0.15, 0.2) is 0 Å². The predicted octanol–water partition coefficient (Wildman–Crippen LogP) is 3.15. The number of nitrogens with zero attached hydrogens (tertiary/aromatic N) is 1. The Labute approximate surface area is 165 Å². The van der Waals surface area contributed by atoms with E-state index in [0.29, 0.717) is 18.8 Å². The molecule has 0 aliphatic rings. The molecule has 0 aliphatic heterocycles. The van der Waals surface area contributed by atoms with Gasteiger partial charge in [-0.2, -0.15) is 4.31 Å². The van der Waals surface area contributed by atoms with E-state index in [1.165, 1.54) is 28.6 Å². The third-order valence-corrected chi connectivity index (χ3v) is 6.42. The number of carbonyl (C=O) groups excluding carboxylic acids is 1. The third kappa shape index (κ3) is 5.60. The van der Waals surface area contributed by atoms with Crippen molar-refractivity contribution < 1.29 is 17.6 Å². The summed E-state index contributed by atoms with van der Waals surface area (Å²) >= 11 is 0. The van der Waals surface area contributed by atoms with Gasteiger partial charge in [0.1, 0.15) is 5.82 Å². The molecule has 0 aromatic heterocycles. The number of amides is 1. The van der Waals surface area contributed by atoms with Crippen molar-refractivity contribution in [3.05, 3.63) is 59.9 Å². The molecule has 0 heterocycles. The number of sulfonamides is 1. The average molecular weight is 408 g/mol. The summed E-state index contributed by atoms with van der Waals surface area (Å²) in [5, 5.41) is 5.71. The van der Waals surface area contributed by atoms with E-state index in [2.05, 4.69) is 10.6 Å². The SMILES string of the molecule is CCN(CC)S(=O)(=O)c1cccc(NC(=O)CNC(C)c2cccc(F)c2)c1. The van der Waals surface area contributed by atoms with Crippen LogP contribution in [0.4, 0.5) is 10.1 Å². The van der Waals surface area contributed by atoms with Gasteiger partial charge in [0.25, 0.3) is 0 Å². The van der Waals surface area contributed by atoms with Crippen LogP contribution in [-0.4, -0.2) is 38.3 Å². The van der Waals surface area contributed by atoms with Gasteiger partial charge in [0, 0.05) is 24.8 Å². The minimum absolute atomic E-state index is 0.00467. The highest BCUT2D eigenvalue weighted by molar-refractivity contribution is 7.89. The monoisotopic (exact) mass is 407 g/mol. The van der Waals surface area contributed by atoms with E-state index in [1.807, 2.05) is 6.92 Å². The van der Waals surface area contributed by atoms with E-state index >= 15 is 0 Å². The summed E-state index contributed by atoms with van der Waals surface area (Å²) in [5.41, 5.74) is 1.14. The lowest BCUT2D eigenvalue weighted by atomic mass is 10.1. The van der Waals surface area contributed by atoms with E-state index in [-0.39, 0.29) is 29.2 Å². The van der Waals surface area contributed by atoms with Gasteiger partial charge in [-0.3, -0.25) is 4.79 Å². The maximum absolute atomic E-state index is 13.3. The number of benzene rings is 2. The second kappa shape index (κ2) is 9.77. The van der Waals surface area contributed by atoms with Gasteiger partial charge in [0.2, 0.25) is 15.9 Å². The second-order valence-corrected chi connectivity index (χ2v) is 8.26. The first-order valence-electron chi connectivity index (χ1n) is 9.16. The first-order valence-corrected chi connectivity index (χ1v) is 10.6. The molecule has 0 fully saturated rings. The summed E-state index contributed by atoms with van der Waals surface area (Å²) in [6.45, 7) is 6.13.